The van der Waals surface area contributed by atoms with Crippen molar-refractivity contribution in [3.05, 3.63) is 0 Å². The summed E-state index contributed by atoms with van der Waals surface area (Å²) in [5.74, 6) is 2.18. The zero-order valence-corrected chi connectivity index (χ0v) is 18.1. The van der Waals surface area contributed by atoms with Crippen molar-refractivity contribution in [2.24, 2.45) is 10.9 Å². The number of aliphatic imine (C=N–C) groups is 1. The molecule has 3 aliphatic rings. The van der Waals surface area contributed by atoms with Gasteiger partial charge in [0.15, 0.2) is 5.96 Å². The van der Waals surface area contributed by atoms with Crippen LogP contribution >= 0.6 is 24.0 Å². The van der Waals surface area contributed by atoms with Gasteiger partial charge in [0.2, 0.25) is 5.91 Å². The van der Waals surface area contributed by atoms with E-state index in [9.17, 15) is 4.79 Å². The van der Waals surface area contributed by atoms with Crippen molar-refractivity contribution in [2.45, 2.75) is 45.1 Å². The maximum Gasteiger partial charge on any atom is 0.239 e. The fraction of sp³-hybridized carbons (Fsp3) is 0.889. The Labute approximate surface area is 169 Å². The Morgan fingerprint density at radius 1 is 1.04 bits per heavy atom. The molecule has 1 aliphatic carbocycles. The SMILES string of the molecule is CN=C(NCC1CCC1)N1CCN(C(C)C(=O)N2CCCC2)CC1.I. The lowest BCUT2D eigenvalue weighted by molar-refractivity contribution is -0.135. The van der Waals surface area contributed by atoms with Crippen LogP contribution in [0.15, 0.2) is 4.99 Å². The van der Waals surface area contributed by atoms with Gasteiger partial charge in [-0.25, -0.2) is 0 Å². The van der Waals surface area contributed by atoms with Crippen molar-refractivity contribution in [1.29, 1.82) is 0 Å². The van der Waals surface area contributed by atoms with Gasteiger partial charge in [-0.3, -0.25) is 14.7 Å². The number of guanidine groups is 1. The number of hydrogen-bond donors (Lipinski definition) is 1. The van der Waals surface area contributed by atoms with Gasteiger partial charge in [0.1, 0.15) is 0 Å². The van der Waals surface area contributed by atoms with E-state index in [0.717, 1.165) is 70.5 Å². The van der Waals surface area contributed by atoms with Gasteiger partial charge in [0.05, 0.1) is 6.04 Å². The summed E-state index contributed by atoms with van der Waals surface area (Å²) in [5.41, 5.74) is 0. The number of likely N-dealkylation sites (tertiary alicyclic amines) is 1. The Kier molecular flexibility index (Phi) is 8.25. The molecule has 1 atom stereocenters. The van der Waals surface area contributed by atoms with Crippen LogP contribution < -0.4 is 5.32 Å². The molecule has 1 amide bonds. The minimum absolute atomic E-state index is 0. The molecule has 25 heavy (non-hydrogen) atoms. The third kappa shape index (κ3) is 5.21. The number of nitrogens with zero attached hydrogens (tertiary/aromatic N) is 4. The van der Waals surface area contributed by atoms with Crippen LogP contribution in [0.4, 0.5) is 0 Å². The lowest BCUT2D eigenvalue weighted by Gasteiger charge is -2.40. The first-order valence-electron chi connectivity index (χ1n) is 9.67. The maximum absolute atomic E-state index is 12.6. The third-order valence-electron chi connectivity index (χ3n) is 5.92. The van der Waals surface area contributed by atoms with Gasteiger partial charge in [0.25, 0.3) is 0 Å². The van der Waals surface area contributed by atoms with Crippen molar-refractivity contribution in [3.8, 4) is 0 Å². The highest BCUT2D eigenvalue weighted by molar-refractivity contribution is 14.0. The Balaban J connectivity index is 0.00000225. The Hall–Kier alpha value is -0.570. The number of piperazine rings is 1. The summed E-state index contributed by atoms with van der Waals surface area (Å²) in [6, 6.07) is 0.00945. The summed E-state index contributed by atoms with van der Waals surface area (Å²) in [6.07, 6.45) is 6.42. The molecule has 7 heteroatoms. The summed E-state index contributed by atoms with van der Waals surface area (Å²) in [5, 5.41) is 3.53. The standard InChI is InChI=1S/C18H33N5O.HI/c1-15(17(24)22-8-3-4-9-22)21-10-12-23(13-11-21)18(19-2)20-14-16-6-5-7-16;/h15-16H,3-14H2,1-2H3,(H,19,20);1H. The molecule has 1 saturated carbocycles. The lowest BCUT2D eigenvalue weighted by Crippen LogP contribution is -2.57. The molecule has 1 unspecified atom stereocenters. The van der Waals surface area contributed by atoms with E-state index in [4.69, 9.17) is 0 Å². The normalized spacial score (nSPS) is 23.8. The van der Waals surface area contributed by atoms with Crippen molar-refractivity contribution >= 4 is 35.8 Å². The minimum atomic E-state index is 0. The second-order valence-electron chi connectivity index (χ2n) is 7.46. The van der Waals surface area contributed by atoms with Crippen molar-refractivity contribution < 1.29 is 4.79 Å². The van der Waals surface area contributed by atoms with E-state index in [2.05, 4.69) is 27.0 Å². The molecule has 0 aromatic carbocycles. The molecule has 0 aromatic heterocycles. The Bertz CT molecular complexity index is 454. The number of carbonyl (C=O) groups excluding carboxylic acids is 1. The van der Waals surface area contributed by atoms with E-state index in [1.165, 1.54) is 19.3 Å². The molecule has 2 saturated heterocycles. The summed E-state index contributed by atoms with van der Waals surface area (Å²) in [7, 11) is 1.87. The van der Waals surface area contributed by atoms with Crippen LogP contribution in [-0.4, -0.2) is 85.5 Å². The van der Waals surface area contributed by atoms with Gasteiger partial charge >= 0.3 is 0 Å². The summed E-state index contributed by atoms with van der Waals surface area (Å²) < 4.78 is 0. The van der Waals surface area contributed by atoms with E-state index >= 15 is 0 Å². The molecule has 0 bridgehead atoms. The average molecular weight is 463 g/mol. The van der Waals surface area contributed by atoms with E-state index < -0.39 is 0 Å². The smallest absolute Gasteiger partial charge is 0.239 e. The molecule has 0 radical (unpaired) electrons. The molecular formula is C18H34IN5O. The number of hydrogen-bond acceptors (Lipinski definition) is 3. The molecule has 144 valence electrons. The summed E-state index contributed by atoms with van der Waals surface area (Å²) in [4.78, 5) is 23.7. The monoisotopic (exact) mass is 463 g/mol. The fourth-order valence-electron chi connectivity index (χ4n) is 3.94. The quantitative estimate of drug-likeness (QED) is 0.391. The zero-order valence-electron chi connectivity index (χ0n) is 15.7. The van der Waals surface area contributed by atoms with Crippen LogP contribution in [0.5, 0.6) is 0 Å². The number of rotatable bonds is 4. The number of carbonyl (C=O) groups is 1. The molecule has 6 nitrogen and oxygen atoms in total. The van der Waals surface area contributed by atoms with Gasteiger partial charge in [0, 0.05) is 52.9 Å². The molecule has 0 spiro atoms. The highest BCUT2D eigenvalue weighted by Gasteiger charge is 2.30. The summed E-state index contributed by atoms with van der Waals surface area (Å²) >= 11 is 0. The number of amides is 1. The Morgan fingerprint density at radius 3 is 2.20 bits per heavy atom. The van der Waals surface area contributed by atoms with Gasteiger partial charge in [-0.1, -0.05) is 6.42 Å². The van der Waals surface area contributed by atoms with Crippen molar-refractivity contribution in [3.63, 3.8) is 0 Å². The number of halogens is 1. The first-order valence-corrected chi connectivity index (χ1v) is 9.67. The van der Waals surface area contributed by atoms with Crippen LogP contribution in [0.3, 0.4) is 0 Å². The highest BCUT2D eigenvalue weighted by Crippen LogP contribution is 2.25. The van der Waals surface area contributed by atoms with Gasteiger partial charge in [-0.05, 0) is 38.5 Å². The minimum Gasteiger partial charge on any atom is -0.356 e. The Morgan fingerprint density at radius 2 is 1.68 bits per heavy atom. The molecule has 2 heterocycles. The van der Waals surface area contributed by atoms with Crippen molar-refractivity contribution in [2.75, 3.05) is 52.9 Å². The second-order valence-corrected chi connectivity index (χ2v) is 7.46. The summed E-state index contributed by atoms with van der Waals surface area (Å²) in [6.45, 7) is 8.78. The van der Waals surface area contributed by atoms with Gasteiger partial charge in [-0.15, -0.1) is 24.0 Å². The van der Waals surface area contributed by atoms with Crippen molar-refractivity contribution in [1.82, 2.24) is 20.0 Å². The van der Waals surface area contributed by atoms with E-state index in [0.29, 0.717) is 5.91 Å². The predicted octanol–water partition coefficient (Wildman–Crippen LogP) is 1.61. The van der Waals surface area contributed by atoms with Gasteiger partial charge < -0.3 is 15.1 Å². The average Bonchev–Trinajstić information content (AvgIpc) is 3.10. The first-order chi connectivity index (χ1) is 11.7. The van der Waals surface area contributed by atoms with Crippen LogP contribution in [0, 0.1) is 5.92 Å². The van der Waals surface area contributed by atoms with Gasteiger partial charge in [-0.2, -0.15) is 0 Å². The largest absolute Gasteiger partial charge is 0.356 e. The topological polar surface area (TPSA) is 51.2 Å². The fourth-order valence-corrected chi connectivity index (χ4v) is 3.94. The molecule has 0 aromatic rings. The van der Waals surface area contributed by atoms with Crippen LogP contribution in [-0.2, 0) is 4.79 Å². The molecule has 3 rings (SSSR count). The van der Waals surface area contributed by atoms with Crippen LogP contribution in [0.2, 0.25) is 0 Å². The third-order valence-corrected chi connectivity index (χ3v) is 5.92. The maximum atomic E-state index is 12.6. The van der Waals surface area contributed by atoms with Crippen LogP contribution in [0.1, 0.15) is 39.0 Å². The van der Waals surface area contributed by atoms with E-state index in [-0.39, 0.29) is 30.0 Å². The van der Waals surface area contributed by atoms with E-state index in [1.54, 1.807) is 0 Å². The zero-order chi connectivity index (χ0) is 16.9. The number of nitrogens with one attached hydrogen (secondary N) is 1. The highest BCUT2D eigenvalue weighted by atomic mass is 127. The molecule has 1 N–H and O–H groups in total. The van der Waals surface area contributed by atoms with Crippen LogP contribution in [0.25, 0.3) is 0 Å². The lowest BCUT2D eigenvalue weighted by atomic mass is 9.85. The molecule has 3 fully saturated rings. The molecule has 2 aliphatic heterocycles. The van der Waals surface area contributed by atoms with E-state index in [1.807, 2.05) is 11.9 Å². The predicted molar refractivity (Wildman–Crippen MR) is 113 cm³/mol. The second kappa shape index (κ2) is 9.94. The first kappa shape index (κ1) is 20.7. The molecular weight excluding hydrogens is 429 g/mol.